The number of aryl methyl sites for hydroxylation is 1. The molecule has 2 aromatic heterocycles. The molecule has 2 N–H and O–H groups in total. The fourth-order valence-electron chi connectivity index (χ4n) is 1.50. The molecule has 0 aliphatic carbocycles. The van der Waals surface area contributed by atoms with Crippen molar-refractivity contribution in [1.29, 1.82) is 0 Å². The first-order chi connectivity index (χ1) is 9.08. The van der Waals surface area contributed by atoms with E-state index < -0.39 is 11.9 Å². The van der Waals surface area contributed by atoms with E-state index in [-0.39, 0.29) is 11.5 Å². The molecular weight excluding hydrogens is 252 g/mol. The predicted molar refractivity (Wildman–Crippen MR) is 62.7 cm³/mol. The zero-order chi connectivity index (χ0) is 13.8. The van der Waals surface area contributed by atoms with E-state index in [0.717, 1.165) is 11.9 Å². The highest BCUT2D eigenvalue weighted by Gasteiger charge is 2.16. The van der Waals surface area contributed by atoms with Crippen LogP contribution in [-0.2, 0) is 13.5 Å². The first-order valence-electron chi connectivity index (χ1n) is 5.52. The molecule has 0 saturated heterocycles. The Morgan fingerprint density at radius 1 is 1.53 bits per heavy atom. The van der Waals surface area contributed by atoms with Crippen LogP contribution in [0.3, 0.4) is 0 Å². The fraction of sp³-hybridized carbons (Fsp3) is 0.273. The highest BCUT2D eigenvalue weighted by molar-refractivity contribution is 5.94. The molecule has 100 valence electrons. The third kappa shape index (κ3) is 2.97. The van der Waals surface area contributed by atoms with Crippen LogP contribution in [0.2, 0.25) is 0 Å². The Labute approximate surface area is 108 Å². The van der Waals surface area contributed by atoms with Gasteiger partial charge in [-0.15, -0.1) is 0 Å². The van der Waals surface area contributed by atoms with Gasteiger partial charge in [-0.25, -0.2) is 9.78 Å². The minimum atomic E-state index is -1.26. The topological polar surface area (TPSA) is 110 Å². The number of hydrogen-bond acceptors (Lipinski definition) is 5. The van der Waals surface area contributed by atoms with Crippen LogP contribution in [0.25, 0.3) is 0 Å². The third-order valence-corrected chi connectivity index (χ3v) is 2.51. The van der Waals surface area contributed by atoms with Gasteiger partial charge >= 0.3 is 5.97 Å². The molecule has 0 bridgehead atoms. The van der Waals surface area contributed by atoms with E-state index in [1.165, 1.54) is 0 Å². The van der Waals surface area contributed by atoms with Crippen molar-refractivity contribution in [3.8, 4) is 0 Å². The van der Waals surface area contributed by atoms with Crippen molar-refractivity contribution < 1.29 is 19.2 Å². The molecule has 0 spiro atoms. The lowest BCUT2D eigenvalue weighted by atomic mass is 10.3. The number of carboxylic acids is 1. The number of carboxylic acid groups (broad SMARTS) is 1. The van der Waals surface area contributed by atoms with Crippen LogP contribution in [0.5, 0.6) is 0 Å². The van der Waals surface area contributed by atoms with E-state index in [1.807, 2.05) is 17.8 Å². The summed E-state index contributed by atoms with van der Waals surface area (Å²) in [5.41, 5.74) is -0.0581. The molecule has 0 aliphatic heterocycles. The average molecular weight is 264 g/mol. The number of hydrogen-bond donors (Lipinski definition) is 2. The van der Waals surface area contributed by atoms with E-state index in [4.69, 9.17) is 5.11 Å². The molecule has 2 rings (SSSR count). The van der Waals surface area contributed by atoms with Crippen LogP contribution in [0.4, 0.5) is 0 Å². The van der Waals surface area contributed by atoms with E-state index in [9.17, 15) is 9.59 Å². The normalized spacial score (nSPS) is 10.4. The van der Waals surface area contributed by atoms with E-state index in [2.05, 4.69) is 20.0 Å². The molecule has 19 heavy (non-hydrogen) atoms. The summed E-state index contributed by atoms with van der Waals surface area (Å²) in [4.78, 5) is 26.3. The summed E-state index contributed by atoms with van der Waals surface area (Å²) in [5, 5.41) is 14.6. The van der Waals surface area contributed by atoms with Gasteiger partial charge in [0.15, 0.2) is 5.69 Å². The number of rotatable bonds is 5. The van der Waals surface area contributed by atoms with Gasteiger partial charge in [-0.05, 0) is 0 Å². The molecule has 0 aliphatic rings. The molecule has 2 aromatic rings. The number of aromatic nitrogens is 3. The molecular formula is C11H12N4O4. The average Bonchev–Trinajstić information content (AvgIpc) is 2.98. The summed E-state index contributed by atoms with van der Waals surface area (Å²) in [6, 6.07) is 1.08. The van der Waals surface area contributed by atoms with Crippen LogP contribution in [0.1, 0.15) is 26.9 Å². The summed E-state index contributed by atoms with van der Waals surface area (Å²) < 4.78 is 6.34. The van der Waals surface area contributed by atoms with Crippen LogP contribution >= 0.6 is 0 Å². The molecule has 2 heterocycles. The van der Waals surface area contributed by atoms with E-state index in [1.54, 1.807) is 6.20 Å². The van der Waals surface area contributed by atoms with Gasteiger partial charge in [0, 0.05) is 38.5 Å². The van der Waals surface area contributed by atoms with Gasteiger partial charge in [0.05, 0.1) is 0 Å². The van der Waals surface area contributed by atoms with Crippen molar-refractivity contribution in [2.75, 3.05) is 6.54 Å². The monoisotopic (exact) mass is 264 g/mol. The highest BCUT2D eigenvalue weighted by atomic mass is 16.5. The Bertz CT molecular complexity index is 601. The third-order valence-electron chi connectivity index (χ3n) is 2.51. The number of nitrogens with one attached hydrogen (secondary N) is 1. The maximum Gasteiger partial charge on any atom is 0.374 e. The standard InChI is InChI=1S/C11H12N4O4/c1-15-5-4-12-9(15)2-3-13-10(16)7-6-8(11(17)18)19-14-7/h4-6H,2-3H2,1H3,(H,13,16)(H,17,18). The van der Waals surface area contributed by atoms with Crippen molar-refractivity contribution in [2.24, 2.45) is 7.05 Å². The second-order valence-corrected chi connectivity index (χ2v) is 3.84. The zero-order valence-electron chi connectivity index (χ0n) is 10.2. The molecule has 0 saturated carbocycles. The van der Waals surface area contributed by atoms with Gasteiger partial charge in [0.2, 0.25) is 5.76 Å². The molecule has 8 nitrogen and oxygen atoms in total. The number of imidazole rings is 1. The molecule has 0 atom stereocenters. The van der Waals surface area contributed by atoms with Crippen molar-refractivity contribution in [3.05, 3.63) is 35.7 Å². The van der Waals surface area contributed by atoms with Gasteiger partial charge in [-0.2, -0.15) is 0 Å². The Balaban J connectivity index is 1.87. The molecule has 0 fully saturated rings. The second-order valence-electron chi connectivity index (χ2n) is 3.84. The van der Waals surface area contributed by atoms with E-state index >= 15 is 0 Å². The van der Waals surface area contributed by atoms with Crippen molar-refractivity contribution >= 4 is 11.9 Å². The minimum absolute atomic E-state index is 0.0581. The quantitative estimate of drug-likeness (QED) is 0.791. The lowest BCUT2D eigenvalue weighted by molar-refractivity contribution is 0.0651. The van der Waals surface area contributed by atoms with Gasteiger partial charge < -0.3 is 19.5 Å². The van der Waals surface area contributed by atoms with Crippen LogP contribution in [0.15, 0.2) is 23.0 Å². The maximum atomic E-state index is 11.6. The molecule has 0 unspecified atom stereocenters. The SMILES string of the molecule is Cn1ccnc1CCNC(=O)c1cc(C(=O)O)on1. The molecule has 8 heteroatoms. The highest BCUT2D eigenvalue weighted by Crippen LogP contribution is 2.03. The largest absolute Gasteiger partial charge is 0.475 e. The van der Waals surface area contributed by atoms with Crippen LogP contribution in [0, 0.1) is 0 Å². The lowest BCUT2D eigenvalue weighted by Crippen LogP contribution is -2.26. The zero-order valence-corrected chi connectivity index (χ0v) is 10.2. The smallest absolute Gasteiger partial charge is 0.374 e. The van der Waals surface area contributed by atoms with Gasteiger partial charge in [-0.1, -0.05) is 5.16 Å². The number of aromatic carboxylic acids is 1. The minimum Gasteiger partial charge on any atom is -0.475 e. The number of amides is 1. The summed E-state index contributed by atoms with van der Waals surface area (Å²) in [5.74, 6) is -1.27. The second kappa shape index (κ2) is 5.34. The van der Waals surface area contributed by atoms with Crippen molar-refractivity contribution in [1.82, 2.24) is 20.0 Å². The Morgan fingerprint density at radius 3 is 2.89 bits per heavy atom. The predicted octanol–water partition coefficient (Wildman–Crippen LogP) is 0.0788. The number of carbonyl (C=O) groups excluding carboxylic acids is 1. The molecule has 0 radical (unpaired) electrons. The van der Waals surface area contributed by atoms with E-state index in [0.29, 0.717) is 13.0 Å². The summed E-state index contributed by atoms with van der Waals surface area (Å²) >= 11 is 0. The van der Waals surface area contributed by atoms with Gasteiger partial charge in [0.1, 0.15) is 5.82 Å². The molecule has 0 aromatic carbocycles. The van der Waals surface area contributed by atoms with Crippen LogP contribution in [-0.4, -0.2) is 38.2 Å². The maximum absolute atomic E-state index is 11.6. The first kappa shape index (κ1) is 12.8. The lowest BCUT2D eigenvalue weighted by Gasteiger charge is -2.03. The summed E-state index contributed by atoms with van der Waals surface area (Å²) in [6.45, 7) is 0.374. The van der Waals surface area contributed by atoms with Crippen molar-refractivity contribution in [3.63, 3.8) is 0 Å². The Morgan fingerprint density at radius 2 is 2.32 bits per heavy atom. The summed E-state index contributed by atoms with van der Waals surface area (Å²) in [6.07, 6.45) is 4.06. The molecule has 1 amide bonds. The van der Waals surface area contributed by atoms with Gasteiger partial charge in [-0.3, -0.25) is 4.79 Å². The number of carbonyl (C=O) groups is 2. The summed E-state index contributed by atoms with van der Waals surface area (Å²) in [7, 11) is 1.86. The first-order valence-corrected chi connectivity index (χ1v) is 5.52. The Hall–Kier alpha value is -2.64. The van der Waals surface area contributed by atoms with Gasteiger partial charge in [0.25, 0.3) is 5.91 Å². The van der Waals surface area contributed by atoms with Crippen molar-refractivity contribution in [2.45, 2.75) is 6.42 Å². The Kier molecular flexibility index (Phi) is 3.60. The number of nitrogens with zero attached hydrogens (tertiary/aromatic N) is 3. The fourth-order valence-corrected chi connectivity index (χ4v) is 1.50. The van der Waals surface area contributed by atoms with Crippen LogP contribution < -0.4 is 5.32 Å².